The lowest BCUT2D eigenvalue weighted by Gasteiger charge is -2.13. The maximum absolute atomic E-state index is 12.3. The summed E-state index contributed by atoms with van der Waals surface area (Å²) in [6.45, 7) is 5.35. The molecule has 2 heterocycles. The van der Waals surface area contributed by atoms with Crippen molar-refractivity contribution in [3.63, 3.8) is 0 Å². The molecule has 21 heavy (non-hydrogen) atoms. The van der Waals surface area contributed by atoms with Crippen LogP contribution in [-0.2, 0) is 11.2 Å². The number of amides is 1. The fourth-order valence-electron chi connectivity index (χ4n) is 2.88. The van der Waals surface area contributed by atoms with Crippen LogP contribution < -0.4 is 5.56 Å². The van der Waals surface area contributed by atoms with Gasteiger partial charge in [0, 0.05) is 25.4 Å². The molecular weight excluding hydrogens is 266 g/mol. The van der Waals surface area contributed by atoms with Gasteiger partial charge in [-0.2, -0.15) is 0 Å². The first-order valence-corrected chi connectivity index (χ1v) is 7.43. The summed E-state index contributed by atoms with van der Waals surface area (Å²) in [7, 11) is 0. The van der Waals surface area contributed by atoms with Crippen LogP contribution in [0.25, 0.3) is 10.9 Å². The van der Waals surface area contributed by atoms with Crippen molar-refractivity contribution >= 4 is 16.8 Å². The average molecular weight is 285 g/mol. The van der Waals surface area contributed by atoms with Crippen LogP contribution in [0.4, 0.5) is 0 Å². The number of benzene rings is 1. The van der Waals surface area contributed by atoms with Gasteiger partial charge in [0.1, 0.15) is 5.82 Å². The predicted octanol–water partition coefficient (Wildman–Crippen LogP) is 1.82. The molecule has 0 aliphatic carbocycles. The van der Waals surface area contributed by atoms with Gasteiger partial charge in [0.2, 0.25) is 5.91 Å². The maximum Gasteiger partial charge on any atom is 0.258 e. The summed E-state index contributed by atoms with van der Waals surface area (Å²) in [5, 5.41) is 0.620. The van der Waals surface area contributed by atoms with E-state index in [4.69, 9.17) is 0 Å². The van der Waals surface area contributed by atoms with Crippen molar-refractivity contribution in [1.82, 2.24) is 14.9 Å². The minimum Gasteiger partial charge on any atom is -0.342 e. The molecule has 1 N–H and O–H groups in total. The van der Waals surface area contributed by atoms with Gasteiger partial charge in [-0.3, -0.25) is 9.59 Å². The molecule has 1 amide bonds. The van der Waals surface area contributed by atoms with Gasteiger partial charge >= 0.3 is 0 Å². The van der Waals surface area contributed by atoms with Crippen LogP contribution in [0.1, 0.15) is 37.6 Å². The number of nitrogens with zero attached hydrogens (tertiary/aromatic N) is 2. The molecule has 1 atom stereocenters. The lowest BCUT2D eigenvalue weighted by atomic mass is 10.1. The molecule has 3 rings (SSSR count). The van der Waals surface area contributed by atoms with Crippen LogP contribution in [0.15, 0.2) is 23.0 Å². The summed E-state index contributed by atoms with van der Waals surface area (Å²) >= 11 is 0. The number of hydrogen-bond donors (Lipinski definition) is 1. The van der Waals surface area contributed by atoms with Gasteiger partial charge in [0.15, 0.2) is 0 Å². The van der Waals surface area contributed by atoms with Gasteiger partial charge < -0.3 is 9.88 Å². The van der Waals surface area contributed by atoms with E-state index in [2.05, 4.69) is 16.9 Å². The van der Waals surface area contributed by atoms with E-state index < -0.39 is 0 Å². The first-order chi connectivity index (χ1) is 10.1. The zero-order chi connectivity index (χ0) is 15.0. The number of H-pyrrole nitrogens is 1. The fourth-order valence-corrected chi connectivity index (χ4v) is 2.88. The van der Waals surface area contributed by atoms with Crippen molar-refractivity contribution < 1.29 is 4.79 Å². The lowest BCUT2D eigenvalue weighted by molar-refractivity contribution is -0.127. The lowest BCUT2D eigenvalue weighted by Crippen LogP contribution is -2.24. The third-order valence-electron chi connectivity index (χ3n) is 4.18. The molecule has 0 saturated carbocycles. The first-order valence-electron chi connectivity index (χ1n) is 7.43. The highest BCUT2D eigenvalue weighted by molar-refractivity contribution is 5.80. The van der Waals surface area contributed by atoms with Crippen LogP contribution in [0.5, 0.6) is 0 Å². The Balaban J connectivity index is 2.02. The Labute approximate surface area is 123 Å². The second-order valence-corrected chi connectivity index (χ2v) is 5.49. The summed E-state index contributed by atoms with van der Waals surface area (Å²) in [5.74, 6) is 0.744. The van der Waals surface area contributed by atoms with Gasteiger partial charge in [0.25, 0.3) is 5.56 Å². The van der Waals surface area contributed by atoms with Crippen LogP contribution in [0.3, 0.4) is 0 Å². The van der Waals surface area contributed by atoms with E-state index in [0.717, 1.165) is 12.0 Å². The molecule has 1 fully saturated rings. The number of rotatable bonds is 3. The van der Waals surface area contributed by atoms with Crippen molar-refractivity contribution in [2.45, 2.75) is 32.6 Å². The molecule has 0 bridgehead atoms. The van der Waals surface area contributed by atoms with Crippen molar-refractivity contribution in [2.24, 2.45) is 0 Å². The van der Waals surface area contributed by atoms with Crippen LogP contribution >= 0.6 is 0 Å². The van der Waals surface area contributed by atoms with Gasteiger partial charge in [-0.15, -0.1) is 0 Å². The molecule has 1 aliphatic heterocycles. The quantitative estimate of drug-likeness (QED) is 0.935. The smallest absolute Gasteiger partial charge is 0.258 e. The van der Waals surface area contributed by atoms with E-state index in [1.807, 2.05) is 25.1 Å². The Bertz CT molecular complexity index is 751. The van der Waals surface area contributed by atoms with E-state index in [9.17, 15) is 9.59 Å². The third kappa shape index (κ3) is 2.44. The van der Waals surface area contributed by atoms with E-state index in [1.165, 1.54) is 0 Å². The van der Waals surface area contributed by atoms with Crippen LogP contribution in [0.2, 0.25) is 0 Å². The Morgan fingerprint density at radius 3 is 2.81 bits per heavy atom. The number of nitrogens with one attached hydrogen (secondary N) is 1. The molecule has 110 valence electrons. The monoisotopic (exact) mass is 285 g/mol. The molecule has 5 heteroatoms. The fraction of sp³-hybridized carbons (Fsp3) is 0.438. The number of aryl methyl sites for hydroxylation is 1. The van der Waals surface area contributed by atoms with Crippen molar-refractivity contribution in [3.8, 4) is 0 Å². The van der Waals surface area contributed by atoms with Gasteiger partial charge in [-0.05, 0) is 31.0 Å². The van der Waals surface area contributed by atoms with E-state index in [1.54, 1.807) is 4.90 Å². The number of aromatic nitrogens is 2. The van der Waals surface area contributed by atoms with Crippen LogP contribution in [0, 0.1) is 0 Å². The van der Waals surface area contributed by atoms with Crippen LogP contribution in [-0.4, -0.2) is 33.9 Å². The number of likely N-dealkylation sites (N-methyl/N-ethyl adjacent to an activating group) is 1. The van der Waals surface area contributed by atoms with Crippen molar-refractivity contribution in [3.05, 3.63) is 39.9 Å². The normalized spacial score (nSPS) is 18.7. The highest BCUT2D eigenvalue weighted by atomic mass is 16.2. The maximum atomic E-state index is 12.3. The summed E-state index contributed by atoms with van der Waals surface area (Å²) in [5.41, 5.74) is 1.71. The number of aromatic amines is 1. The number of carbonyl (C=O) groups is 1. The number of carbonyl (C=O) groups excluding carboxylic acids is 1. The van der Waals surface area contributed by atoms with Gasteiger partial charge in [0.05, 0.1) is 10.9 Å². The Morgan fingerprint density at radius 1 is 1.33 bits per heavy atom. The summed E-state index contributed by atoms with van der Waals surface area (Å²) in [4.78, 5) is 33.3. The molecular formula is C16H19N3O2. The topological polar surface area (TPSA) is 66.1 Å². The molecule has 1 unspecified atom stereocenters. The third-order valence-corrected chi connectivity index (χ3v) is 4.18. The molecule has 1 aromatic carbocycles. The summed E-state index contributed by atoms with van der Waals surface area (Å²) in [6, 6.07) is 5.78. The largest absolute Gasteiger partial charge is 0.342 e. The molecule has 1 aromatic heterocycles. The van der Waals surface area contributed by atoms with Gasteiger partial charge in [-0.1, -0.05) is 13.0 Å². The Kier molecular flexibility index (Phi) is 3.49. The minimum absolute atomic E-state index is 0.0135. The molecule has 0 spiro atoms. The number of fused-ring (bicyclic) bond motifs is 1. The second-order valence-electron chi connectivity index (χ2n) is 5.49. The summed E-state index contributed by atoms with van der Waals surface area (Å²) < 4.78 is 0. The second kappa shape index (κ2) is 5.31. The molecule has 0 radical (unpaired) electrons. The molecule has 5 nitrogen and oxygen atoms in total. The van der Waals surface area contributed by atoms with Gasteiger partial charge in [-0.25, -0.2) is 4.98 Å². The predicted molar refractivity (Wildman–Crippen MR) is 81.4 cm³/mol. The highest BCUT2D eigenvalue weighted by Crippen LogP contribution is 2.25. The average Bonchev–Trinajstić information content (AvgIpc) is 2.88. The molecule has 1 aliphatic rings. The number of likely N-dealkylation sites (tertiary alicyclic amines) is 1. The molecule has 2 aromatic rings. The standard InChI is InChI=1S/C16H19N3O2/c1-3-10-5-6-13-12(7-10)16(21)18-15(17-13)11-8-14(20)19(4-2)9-11/h5-7,11H,3-4,8-9H2,1-2H3,(H,17,18,21). The Hall–Kier alpha value is -2.17. The Morgan fingerprint density at radius 2 is 2.14 bits per heavy atom. The van der Waals surface area contributed by atoms with E-state index in [-0.39, 0.29) is 17.4 Å². The zero-order valence-corrected chi connectivity index (χ0v) is 12.3. The van der Waals surface area contributed by atoms with Crippen molar-refractivity contribution in [1.29, 1.82) is 0 Å². The first kappa shape index (κ1) is 13.8. The SMILES string of the molecule is CCc1ccc2nc(C3CC(=O)N(CC)C3)[nH]c(=O)c2c1. The van der Waals surface area contributed by atoms with E-state index in [0.29, 0.717) is 36.2 Å². The summed E-state index contributed by atoms with van der Waals surface area (Å²) in [6.07, 6.45) is 1.31. The highest BCUT2D eigenvalue weighted by Gasteiger charge is 2.31. The zero-order valence-electron chi connectivity index (χ0n) is 12.3. The number of hydrogen-bond acceptors (Lipinski definition) is 3. The molecule has 1 saturated heterocycles. The van der Waals surface area contributed by atoms with Crippen molar-refractivity contribution in [2.75, 3.05) is 13.1 Å². The van der Waals surface area contributed by atoms with E-state index >= 15 is 0 Å². The minimum atomic E-state index is -0.118.